The Kier molecular flexibility index (Phi) is 2.86. The van der Waals surface area contributed by atoms with Gasteiger partial charge in [0.1, 0.15) is 0 Å². The molecule has 1 heterocycles. The Labute approximate surface area is 90.3 Å². The maximum atomic E-state index is 4.37. The van der Waals surface area contributed by atoms with E-state index >= 15 is 0 Å². The second-order valence-corrected chi connectivity index (χ2v) is 3.72. The second kappa shape index (κ2) is 4.30. The molecule has 0 unspecified atom stereocenters. The summed E-state index contributed by atoms with van der Waals surface area (Å²) in [6.07, 6.45) is 3.06. The highest BCUT2D eigenvalue weighted by atomic mass is 15.0. The lowest BCUT2D eigenvalue weighted by Crippen LogP contribution is -1.94. The minimum Gasteiger partial charge on any atom is -0.343 e. The summed E-state index contributed by atoms with van der Waals surface area (Å²) in [5.41, 5.74) is 2.43. The van der Waals surface area contributed by atoms with E-state index < -0.39 is 0 Å². The number of nitrogens with zero attached hydrogens (tertiary/aromatic N) is 2. The van der Waals surface area contributed by atoms with Crippen LogP contribution < -0.4 is 0 Å². The smallest absolute Gasteiger partial charge is 0.0596 e. The van der Waals surface area contributed by atoms with E-state index in [1.54, 1.807) is 0 Å². The van der Waals surface area contributed by atoms with Gasteiger partial charge in [-0.05, 0) is 18.6 Å². The van der Waals surface area contributed by atoms with Crippen LogP contribution in [0.25, 0.3) is 10.9 Å². The van der Waals surface area contributed by atoms with E-state index in [9.17, 15) is 0 Å². The Morgan fingerprint density at radius 1 is 1.33 bits per heavy atom. The van der Waals surface area contributed by atoms with Gasteiger partial charge < -0.3 is 4.57 Å². The number of fused-ring (bicyclic) bond motifs is 1. The predicted molar refractivity (Wildman–Crippen MR) is 65.7 cm³/mol. The molecule has 2 rings (SSSR count). The van der Waals surface area contributed by atoms with E-state index in [0.717, 1.165) is 13.0 Å². The Hall–Kier alpha value is -1.57. The summed E-state index contributed by atoms with van der Waals surface area (Å²) in [6.45, 7) is 3.04. The van der Waals surface area contributed by atoms with Crippen LogP contribution in [0.4, 0.5) is 0 Å². The first-order valence-corrected chi connectivity index (χ1v) is 5.37. The standard InChI is InChI=1S/C13H16N2/c1-3-8-14-10-12-9-11-6-4-5-7-13(11)15(12)2/h4-7,9-10H,3,8H2,1-2H3. The summed E-state index contributed by atoms with van der Waals surface area (Å²) in [5, 5.41) is 1.28. The molecule has 2 aromatic rings. The summed E-state index contributed by atoms with van der Waals surface area (Å²) in [5.74, 6) is 0. The van der Waals surface area contributed by atoms with E-state index in [1.165, 1.54) is 16.6 Å². The molecule has 0 aliphatic carbocycles. The topological polar surface area (TPSA) is 17.3 Å². The van der Waals surface area contributed by atoms with Gasteiger partial charge in [0, 0.05) is 30.7 Å². The summed E-state index contributed by atoms with van der Waals surface area (Å²) >= 11 is 0. The van der Waals surface area contributed by atoms with Crippen LogP contribution in [0.1, 0.15) is 19.0 Å². The predicted octanol–water partition coefficient (Wildman–Crippen LogP) is 3.01. The first-order chi connectivity index (χ1) is 7.33. The lowest BCUT2D eigenvalue weighted by atomic mass is 10.2. The number of hydrogen-bond acceptors (Lipinski definition) is 1. The van der Waals surface area contributed by atoms with Crippen molar-refractivity contribution in [2.75, 3.05) is 6.54 Å². The lowest BCUT2D eigenvalue weighted by Gasteiger charge is -1.98. The fourth-order valence-corrected chi connectivity index (χ4v) is 1.72. The highest BCUT2D eigenvalue weighted by Crippen LogP contribution is 2.16. The quantitative estimate of drug-likeness (QED) is 0.678. The molecule has 0 atom stereocenters. The number of hydrogen-bond donors (Lipinski definition) is 0. The maximum absolute atomic E-state index is 4.37. The molecule has 0 N–H and O–H groups in total. The van der Waals surface area contributed by atoms with Crippen LogP contribution in [-0.4, -0.2) is 17.3 Å². The van der Waals surface area contributed by atoms with E-state index in [2.05, 4.69) is 53.9 Å². The largest absolute Gasteiger partial charge is 0.343 e. The molecule has 0 bridgehead atoms. The normalized spacial score (nSPS) is 11.6. The van der Waals surface area contributed by atoms with Gasteiger partial charge in [0.25, 0.3) is 0 Å². The van der Waals surface area contributed by atoms with Gasteiger partial charge in [-0.15, -0.1) is 0 Å². The highest BCUT2D eigenvalue weighted by Gasteiger charge is 2.01. The zero-order chi connectivity index (χ0) is 10.7. The third kappa shape index (κ3) is 1.94. The first kappa shape index (κ1) is 9.97. The van der Waals surface area contributed by atoms with Crippen LogP contribution in [-0.2, 0) is 7.05 Å². The Morgan fingerprint density at radius 3 is 2.87 bits per heavy atom. The van der Waals surface area contributed by atoms with Crippen molar-refractivity contribution in [2.45, 2.75) is 13.3 Å². The van der Waals surface area contributed by atoms with Gasteiger partial charge in [0.05, 0.1) is 5.69 Å². The minimum atomic E-state index is 0.904. The monoisotopic (exact) mass is 200 g/mol. The molecule has 0 radical (unpaired) electrons. The summed E-state index contributed by atoms with van der Waals surface area (Å²) in [7, 11) is 2.08. The number of aryl methyl sites for hydroxylation is 1. The van der Waals surface area contributed by atoms with E-state index in [1.807, 2.05) is 6.21 Å². The zero-order valence-electron chi connectivity index (χ0n) is 9.27. The van der Waals surface area contributed by atoms with Gasteiger partial charge in [-0.25, -0.2) is 0 Å². The molecular weight excluding hydrogens is 184 g/mol. The average molecular weight is 200 g/mol. The number of para-hydroxylation sites is 1. The molecule has 1 aromatic heterocycles. The second-order valence-electron chi connectivity index (χ2n) is 3.72. The van der Waals surface area contributed by atoms with Gasteiger partial charge in [0.2, 0.25) is 0 Å². The molecule has 0 saturated carbocycles. The molecule has 0 fully saturated rings. The number of benzene rings is 1. The van der Waals surface area contributed by atoms with Crippen LogP contribution in [0, 0.1) is 0 Å². The molecular formula is C13H16N2. The fourth-order valence-electron chi connectivity index (χ4n) is 1.72. The highest BCUT2D eigenvalue weighted by molar-refractivity contribution is 5.90. The third-order valence-electron chi connectivity index (χ3n) is 2.57. The van der Waals surface area contributed by atoms with Crippen molar-refractivity contribution in [2.24, 2.45) is 12.0 Å². The molecule has 78 valence electrons. The van der Waals surface area contributed by atoms with Gasteiger partial charge in [-0.3, -0.25) is 4.99 Å². The maximum Gasteiger partial charge on any atom is 0.0596 e. The van der Waals surface area contributed by atoms with Gasteiger partial charge >= 0.3 is 0 Å². The SMILES string of the molecule is CCCN=Cc1cc2ccccc2n1C. The third-order valence-corrected chi connectivity index (χ3v) is 2.57. The summed E-state index contributed by atoms with van der Waals surface area (Å²) in [4.78, 5) is 4.37. The van der Waals surface area contributed by atoms with Crippen molar-refractivity contribution in [1.29, 1.82) is 0 Å². The zero-order valence-corrected chi connectivity index (χ0v) is 9.27. The van der Waals surface area contributed by atoms with Crippen molar-refractivity contribution in [3.63, 3.8) is 0 Å². The molecule has 15 heavy (non-hydrogen) atoms. The average Bonchev–Trinajstić information content (AvgIpc) is 2.57. The van der Waals surface area contributed by atoms with Crippen LogP contribution in [0.3, 0.4) is 0 Å². The summed E-state index contributed by atoms with van der Waals surface area (Å²) in [6, 6.07) is 10.6. The van der Waals surface area contributed by atoms with Gasteiger partial charge in [-0.1, -0.05) is 25.1 Å². The Balaban J connectivity index is 2.40. The van der Waals surface area contributed by atoms with Crippen molar-refractivity contribution in [3.05, 3.63) is 36.0 Å². The molecule has 0 aliphatic heterocycles. The number of aliphatic imine (C=N–C) groups is 1. The summed E-state index contributed by atoms with van der Waals surface area (Å²) < 4.78 is 2.18. The van der Waals surface area contributed by atoms with Crippen LogP contribution >= 0.6 is 0 Å². The lowest BCUT2D eigenvalue weighted by molar-refractivity contribution is 0.925. The minimum absolute atomic E-state index is 0.904. The number of rotatable bonds is 3. The molecule has 2 heteroatoms. The van der Waals surface area contributed by atoms with Crippen LogP contribution in [0.2, 0.25) is 0 Å². The molecule has 0 aliphatic rings. The molecule has 0 spiro atoms. The number of aromatic nitrogens is 1. The van der Waals surface area contributed by atoms with Gasteiger partial charge in [0.15, 0.2) is 0 Å². The van der Waals surface area contributed by atoms with Crippen molar-refractivity contribution >= 4 is 17.1 Å². The van der Waals surface area contributed by atoms with E-state index in [-0.39, 0.29) is 0 Å². The van der Waals surface area contributed by atoms with E-state index in [0.29, 0.717) is 0 Å². The van der Waals surface area contributed by atoms with E-state index in [4.69, 9.17) is 0 Å². The van der Waals surface area contributed by atoms with Crippen LogP contribution in [0.5, 0.6) is 0 Å². The molecule has 0 saturated heterocycles. The van der Waals surface area contributed by atoms with Crippen LogP contribution in [0.15, 0.2) is 35.3 Å². The van der Waals surface area contributed by atoms with Crippen molar-refractivity contribution in [3.8, 4) is 0 Å². The van der Waals surface area contributed by atoms with Gasteiger partial charge in [-0.2, -0.15) is 0 Å². The van der Waals surface area contributed by atoms with Crippen molar-refractivity contribution in [1.82, 2.24) is 4.57 Å². The molecule has 1 aromatic carbocycles. The Bertz CT molecular complexity index is 480. The Morgan fingerprint density at radius 2 is 2.13 bits per heavy atom. The molecule has 2 nitrogen and oxygen atoms in total. The first-order valence-electron chi connectivity index (χ1n) is 5.37. The molecule has 0 amide bonds. The van der Waals surface area contributed by atoms with Crippen molar-refractivity contribution < 1.29 is 0 Å². The fraction of sp³-hybridized carbons (Fsp3) is 0.308.